The zero-order valence-electron chi connectivity index (χ0n) is 13.2. The number of benzene rings is 1. The molecule has 0 aliphatic rings. The molecule has 2 aromatic heterocycles. The largest absolute Gasteiger partial charge is 0.340 e. The van der Waals surface area contributed by atoms with E-state index in [1.165, 1.54) is 27.2 Å². The van der Waals surface area contributed by atoms with Gasteiger partial charge in [0.2, 0.25) is 0 Å². The SMILES string of the molecule is CCc1cccc2ccn(Cc3nc(C(C)(C)C)cs3)c12. The van der Waals surface area contributed by atoms with Crippen LogP contribution >= 0.6 is 11.3 Å². The van der Waals surface area contributed by atoms with Crippen LogP contribution in [0.2, 0.25) is 0 Å². The third kappa shape index (κ3) is 2.75. The molecule has 0 aliphatic carbocycles. The first-order chi connectivity index (χ1) is 9.99. The van der Waals surface area contributed by atoms with Crippen molar-refractivity contribution >= 4 is 22.2 Å². The summed E-state index contributed by atoms with van der Waals surface area (Å²) < 4.78 is 2.33. The highest BCUT2D eigenvalue weighted by Crippen LogP contribution is 2.26. The van der Waals surface area contributed by atoms with E-state index in [0.717, 1.165) is 13.0 Å². The van der Waals surface area contributed by atoms with Crippen LogP contribution in [0.5, 0.6) is 0 Å². The molecule has 2 heterocycles. The second kappa shape index (κ2) is 5.30. The van der Waals surface area contributed by atoms with Crippen molar-refractivity contribution in [2.75, 3.05) is 0 Å². The van der Waals surface area contributed by atoms with E-state index in [1.54, 1.807) is 11.3 Å². The average molecular weight is 298 g/mol. The van der Waals surface area contributed by atoms with E-state index in [9.17, 15) is 0 Å². The van der Waals surface area contributed by atoms with Crippen LogP contribution in [-0.4, -0.2) is 9.55 Å². The van der Waals surface area contributed by atoms with Gasteiger partial charge in [-0.15, -0.1) is 11.3 Å². The minimum Gasteiger partial charge on any atom is -0.340 e. The fraction of sp³-hybridized carbons (Fsp3) is 0.389. The number of aryl methyl sites for hydroxylation is 1. The van der Waals surface area contributed by atoms with Gasteiger partial charge in [0.1, 0.15) is 5.01 Å². The molecular weight excluding hydrogens is 276 g/mol. The molecule has 0 spiro atoms. The molecule has 0 saturated heterocycles. The van der Waals surface area contributed by atoms with Crippen molar-refractivity contribution < 1.29 is 0 Å². The molecule has 3 heteroatoms. The van der Waals surface area contributed by atoms with Gasteiger partial charge in [-0.1, -0.05) is 45.9 Å². The van der Waals surface area contributed by atoms with E-state index >= 15 is 0 Å². The van der Waals surface area contributed by atoms with Crippen LogP contribution in [0.3, 0.4) is 0 Å². The normalized spacial score (nSPS) is 12.2. The summed E-state index contributed by atoms with van der Waals surface area (Å²) in [4.78, 5) is 4.82. The molecule has 2 nitrogen and oxygen atoms in total. The average Bonchev–Trinajstić information content (AvgIpc) is 3.06. The van der Waals surface area contributed by atoms with Gasteiger partial charge in [-0.25, -0.2) is 4.98 Å². The van der Waals surface area contributed by atoms with E-state index < -0.39 is 0 Å². The molecule has 3 rings (SSSR count). The Kier molecular flexibility index (Phi) is 3.62. The number of hydrogen-bond acceptors (Lipinski definition) is 2. The van der Waals surface area contributed by atoms with Gasteiger partial charge in [0.15, 0.2) is 0 Å². The summed E-state index contributed by atoms with van der Waals surface area (Å²) in [6.07, 6.45) is 3.24. The number of hydrogen-bond donors (Lipinski definition) is 0. The number of rotatable bonds is 3. The predicted molar refractivity (Wildman–Crippen MR) is 91.2 cm³/mol. The molecule has 0 atom stereocenters. The van der Waals surface area contributed by atoms with Crippen molar-refractivity contribution in [3.8, 4) is 0 Å². The second-order valence-corrected chi connectivity index (χ2v) is 7.47. The maximum Gasteiger partial charge on any atom is 0.113 e. The number of para-hydroxylation sites is 1. The first-order valence-electron chi connectivity index (χ1n) is 7.50. The number of nitrogens with zero attached hydrogens (tertiary/aromatic N) is 2. The number of thiazole rings is 1. The Hall–Kier alpha value is -1.61. The molecular formula is C18H22N2S. The summed E-state index contributed by atoms with van der Waals surface area (Å²) in [6.45, 7) is 9.72. The molecule has 0 aliphatic heterocycles. The maximum atomic E-state index is 4.82. The summed E-state index contributed by atoms with van der Waals surface area (Å²) in [5.74, 6) is 0. The summed E-state index contributed by atoms with van der Waals surface area (Å²) in [5, 5.41) is 4.70. The van der Waals surface area contributed by atoms with Crippen molar-refractivity contribution in [1.29, 1.82) is 0 Å². The Morgan fingerprint density at radius 1 is 1.19 bits per heavy atom. The van der Waals surface area contributed by atoms with Crippen LogP contribution < -0.4 is 0 Å². The van der Waals surface area contributed by atoms with Gasteiger partial charge in [-0.2, -0.15) is 0 Å². The summed E-state index contributed by atoms with van der Waals surface area (Å²) >= 11 is 1.76. The van der Waals surface area contributed by atoms with Crippen molar-refractivity contribution in [3.63, 3.8) is 0 Å². The third-order valence-electron chi connectivity index (χ3n) is 3.88. The van der Waals surface area contributed by atoms with Gasteiger partial charge in [-0.05, 0) is 23.4 Å². The third-order valence-corrected chi connectivity index (χ3v) is 4.71. The zero-order chi connectivity index (χ0) is 15.0. The van der Waals surface area contributed by atoms with E-state index in [-0.39, 0.29) is 5.41 Å². The van der Waals surface area contributed by atoms with Crippen LogP contribution in [0.4, 0.5) is 0 Å². The molecule has 1 aromatic carbocycles. The van der Waals surface area contributed by atoms with E-state index in [4.69, 9.17) is 4.98 Å². The Labute approximate surface area is 130 Å². The first kappa shape index (κ1) is 14.3. The monoisotopic (exact) mass is 298 g/mol. The fourth-order valence-electron chi connectivity index (χ4n) is 2.63. The lowest BCUT2D eigenvalue weighted by molar-refractivity contribution is 0.570. The topological polar surface area (TPSA) is 17.8 Å². The highest BCUT2D eigenvalue weighted by Gasteiger charge is 2.17. The van der Waals surface area contributed by atoms with Gasteiger partial charge in [0.05, 0.1) is 17.8 Å². The molecule has 0 fully saturated rings. The molecule has 0 bridgehead atoms. The Morgan fingerprint density at radius 3 is 2.67 bits per heavy atom. The van der Waals surface area contributed by atoms with Gasteiger partial charge in [0.25, 0.3) is 0 Å². The highest BCUT2D eigenvalue weighted by atomic mass is 32.1. The van der Waals surface area contributed by atoms with Crippen molar-refractivity contribution in [1.82, 2.24) is 9.55 Å². The molecule has 110 valence electrons. The smallest absolute Gasteiger partial charge is 0.113 e. The van der Waals surface area contributed by atoms with Crippen LogP contribution in [0.15, 0.2) is 35.8 Å². The van der Waals surface area contributed by atoms with Gasteiger partial charge >= 0.3 is 0 Å². The Balaban J connectivity index is 1.97. The van der Waals surface area contributed by atoms with Crippen LogP contribution in [0.1, 0.15) is 44.0 Å². The molecule has 0 saturated carbocycles. The van der Waals surface area contributed by atoms with Crippen molar-refractivity contribution in [2.24, 2.45) is 0 Å². The Bertz CT molecular complexity index is 759. The van der Waals surface area contributed by atoms with Crippen LogP contribution in [-0.2, 0) is 18.4 Å². The van der Waals surface area contributed by atoms with Crippen molar-refractivity contribution in [2.45, 2.75) is 46.1 Å². The van der Waals surface area contributed by atoms with E-state index in [2.05, 4.69) is 68.1 Å². The minimum atomic E-state index is 0.127. The van der Waals surface area contributed by atoms with E-state index in [1.807, 2.05) is 0 Å². The quantitative estimate of drug-likeness (QED) is 0.665. The van der Waals surface area contributed by atoms with Gasteiger partial charge in [0, 0.05) is 17.0 Å². The molecule has 0 unspecified atom stereocenters. The van der Waals surface area contributed by atoms with Gasteiger partial charge < -0.3 is 4.57 Å². The Morgan fingerprint density at radius 2 is 2.00 bits per heavy atom. The lowest BCUT2D eigenvalue weighted by Gasteiger charge is -2.14. The fourth-order valence-corrected chi connectivity index (χ4v) is 3.65. The van der Waals surface area contributed by atoms with Crippen molar-refractivity contribution in [3.05, 3.63) is 52.1 Å². The lowest BCUT2D eigenvalue weighted by Crippen LogP contribution is -2.11. The highest BCUT2D eigenvalue weighted by molar-refractivity contribution is 7.09. The summed E-state index contributed by atoms with van der Waals surface area (Å²) in [5.41, 5.74) is 4.08. The van der Waals surface area contributed by atoms with Crippen LogP contribution in [0, 0.1) is 0 Å². The second-order valence-electron chi connectivity index (χ2n) is 6.53. The molecule has 3 aromatic rings. The maximum absolute atomic E-state index is 4.82. The van der Waals surface area contributed by atoms with E-state index in [0.29, 0.717) is 0 Å². The number of fused-ring (bicyclic) bond motifs is 1. The summed E-state index contributed by atoms with van der Waals surface area (Å²) in [6, 6.07) is 8.76. The zero-order valence-corrected chi connectivity index (χ0v) is 14.0. The minimum absolute atomic E-state index is 0.127. The molecule has 0 radical (unpaired) electrons. The molecule has 0 N–H and O–H groups in total. The lowest BCUT2D eigenvalue weighted by atomic mass is 9.93. The van der Waals surface area contributed by atoms with Gasteiger partial charge in [-0.3, -0.25) is 0 Å². The standard InChI is InChI=1S/C18H22N2S/c1-5-13-7-6-8-14-9-10-20(17(13)14)11-16-19-15(12-21-16)18(2,3)4/h6-10,12H,5,11H2,1-4H3. The first-order valence-corrected chi connectivity index (χ1v) is 8.38. The molecule has 21 heavy (non-hydrogen) atoms. The number of aromatic nitrogens is 2. The predicted octanol–water partition coefficient (Wildman–Crippen LogP) is 5.01. The molecule has 0 amide bonds. The summed E-state index contributed by atoms with van der Waals surface area (Å²) in [7, 11) is 0. The van der Waals surface area contributed by atoms with Crippen LogP contribution in [0.25, 0.3) is 10.9 Å².